The highest BCUT2D eigenvalue weighted by molar-refractivity contribution is 5.92. The molecule has 0 heterocycles. The zero-order chi connectivity index (χ0) is 26.6. The fourth-order valence-corrected chi connectivity index (χ4v) is 3.57. The molecule has 1 aromatic carbocycles. The predicted octanol–water partition coefficient (Wildman–Crippen LogP) is 4.63. The quantitative estimate of drug-likeness (QED) is 0.330. The van der Waals surface area contributed by atoms with Gasteiger partial charge in [0, 0.05) is 6.54 Å². The molecule has 0 saturated heterocycles. The summed E-state index contributed by atoms with van der Waals surface area (Å²) >= 11 is 0. The summed E-state index contributed by atoms with van der Waals surface area (Å²) < 4.78 is 5.37. The Labute approximate surface area is 210 Å². The molecule has 3 amide bonds. The first-order valence-electron chi connectivity index (χ1n) is 12.5. The van der Waals surface area contributed by atoms with Crippen LogP contribution in [0.3, 0.4) is 0 Å². The van der Waals surface area contributed by atoms with Gasteiger partial charge < -0.3 is 20.3 Å². The number of ether oxygens (including phenoxy) is 1. The van der Waals surface area contributed by atoms with Gasteiger partial charge in [0.2, 0.25) is 11.8 Å². The van der Waals surface area contributed by atoms with Crippen molar-refractivity contribution in [3.8, 4) is 6.07 Å². The molecule has 1 aromatic rings. The molecule has 0 aliphatic heterocycles. The van der Waals surface area contributed by atoms with E-state index in [-0.39, 0.29) is 18.4 Å². The Bertz CT molecular complexity index is 871. The van der Waals surface area contributed by atoms with Crippen LogP contribution in [0.15, 0.2) is 24.3 Å². The number of carbonyl (C=O) groups is 3. The van der Waals surface area contributed by atoms with Gasteiger partial charge in [0.1, 0.15) is 24.2 Å². The van der Waals surface area contributed by atoms with Crippen molar-refractivity contribution in [2.75, 3.05) is 13.1 Å². The Morgan fingerprint density at radius 3 is 2.26 bits per heavy atom. The molecule has 0 fully saturated rings. The number of aryl methyl sites for hydroxylation is 1. The van der Waals surface area contributed by atoms with Crippen LogP contribution in [0, 0.1) is 24.2 Å². The van der Waals surface area contributed by atoms with E-state index in [0.717, 1.165) is 24.8 Å². The minimum absolute atomic E-state index is 0.248. The van der Waals surface area contributed by atoms with Gasteiger partial charge in [-0.3, -0.25) is 9.59 Å². The molecule has 0 saturated carbocycles. The van der Waals surface area contributed by atoms with E-state index < -0.39 is 29.7 Å². The fraction of sp³-hybridized carbons (Fsp3) is 0.630. The number of nitriles is 1. The Morgan fingerprint density at radius 2 is 1.74 bits per heavy atom. The van der Waals surface area contributed by atoms with E-state index >= 15 is 0 Å². The van der Waals surface area contributed by atoms with Crippen molar-refractivity contribution in [2.24, 2.45) is 5.92 Å². The van der Waals surface area contributed by atoms with Crippen LogP contribution in [0.25, 0.3) is 0 Å². The molecule has 0 spiro atoms. The summed E-state index contributed by atoms with van der Waals surface area (Å²) in [5, 5.41) is 15.2. The van der Waals surface area contributed by atoms with Crippen molar-refractivity contribution in [3.63, 3.8) is 0 Å². The van der Waals surface area contributed by atoms with Gasteiger partial charge in [0.05, 0.1) is 6.07 Å². The van der Waals surface area contributed by atoms with E-state index in [9.17, 15) is 19.6 Å². The molecule has 0 bridgehead atoms. The van der Waals surface area contributed by atoms with Crippen LogP contribution in [-0.2, 0) is 14.3 Å². The smallest absolute Gasteiger partial charge is 0.408 e. The molecular formula is C27H42N4O4. The number of nitrogens with one attached hydrogen (secondary N) is 2. The van der Waals surface area contributed by atoms with E-state index in [4.69, 9.17) is 4.74 Å². The highest BCUT2D eigenvalue weighted by Gasteiger charge is 2.38. The molecule has 194 valence electrons. The zero-order valence-corrected chi connectivity index (χ0v) is 22.3. The van der Waals surface area contributed by atoms with Gasteiger partial charge in [-0.2, -0.15) is 5.26 Å². The molecule has 2 N–H and O–H groups in total. The normalized spacial score (nSPS) is 13.7. The van der Waals surface area contributed by atoms with Crippen LogP contribution in [0.4, 0.5) is 4.79 Å². The molecular weight excluding hydrogens is 444 g/mol. The standard InChI is InChI=1S/C27H42N4O4/c1-8-10-11-17-29-24(32)23(21-14-12-19(3)13-15-21)31(18-16-28)25(33)22(20(4)9-2)30-26(34)35-27(5,6)7/h12-15,20,22-23H,8-11,17-18H2,1-7H3,(H,29,32)(H,30,34). The summed E-state index contributed by atoms with van der Waals surface area (Å²) in [7, 11) is 0. The molecule has 1 rings (SSSR count). The number of rotatable bonds is 12. The highest BCUT2D eigenvalue weighted by Crippen LogP contribution is 2.25. The lowest BCUT2D eigenvalue weighted by atomic mass is 9.95. The van der Waals surface area contributed by atoms with Gasteiger partial charge in [-0.1, -0.05) is 69.9 Å². The minimum Gasteiger partial charge on any atom is -0.444 e. The SMILES string of the molecule is CCCCCNC(=O)C(c1ccc(C)cc1)N(CC#N)C(=O)C(NC(=O)OC(C)(C)C)C(C)CC. The molecule has 3 atom stereocenters. The number of unbranched alkanes of at least 4 members (excludes halogenated alkanes) is 2. The summed E-state index contributed by atoms with van der Waals surface area (Å²) in [5.74, 6) is -1.10. The minimum atomic E-state index is -1.00. The van der Waals surface area contributed by atoms with Gasteiger partial charge in [-0.15, -0.1) is 0 Å². The molecule has 35 heavy (non-hydrogen) atoms. The molecule has 3 unspecified atom stereocenters. The first-order chi connectivity index (χ1) is 16.4. The monoisotopic (exact) mass is 486 g/mol. The Hall–Kier alpha value is -3.08. The lowest BCUT2D eigenvalue weighted by molar-refractivity contribution is -0.142. The largest absolute Gasteiger partial charge is 0.444 e. The second kappa shape index (κ2) is 14.3. The lowest BCUT2D eigenvalue weighted by Gasteiger charge is -2.34. The predicted molar refractivity (Wildman–Crippen MR) is 136 cm³/mol. The maximum absolute atomic E-state index is 13.8. The van der Waals surface area contributed by atoms with Crippen LogP contribution in [0.5, 0.6) is 0 Å². The zero-order valence-electron chi connectivity index (χ0n) is 22.3. The van der Waals surface area contributed by atoms with E-state index in [0.29, 0.717) is 18.5 Å². The van der Waals surface area contributed by atoms with E-state index in [1.165, 1.54) is 4.90 Å². The number of hydrogen-bond donors (Lipinski definition) is 2. The third-order valence-electron chi connectivity index (χ3n) is 5.71. The van der Waals surface area contributed by atoms with Gasteiger partial charge >= 0.3 is 6.09 Å². The van der Waals surface area contributed by atoms with Crippen LogP contribution in [0.1, 0.15) is 84.4 Å². The third kappa shape index (κ3) is 9.97. The summed E-state index contributed by atoms with van der Waals surface area (Å²) in [4.78, 5) is 41.0. The van der Waals surface area contributed by atoms with Crippen LogP contribution in [-0.4, -0.2) is 47.5 Å². The maximum atomic E-state index is 13.8. The van der Waals surface area contributed by atoms with Crippen molar-refractivity contribution >= 4 is 17.9 Å². The van der Waals surface area contributed by atoms with E-state index in [2.05, 4.69) is 17.6 Å². The molecule has 0 aromatic heterocycles. The number of benzene rings is 1. The second-order valence-electron chi connectivity index (χ2n) is 9.95. The summed E-state index contributed by atoms with van der Waals surface area (Å²) in [6.45, 7) is 13.2. The third-order valence-corrected chi connectivity index (χ3v) is 5.71. The Kier molecular flexibility index (Phi) is 12.3. The van der Waals surface area contributed by atoms with Crippen LogP contribution < -0.4 is 10.6 Å². The lowest BCUT2D eigenvalue weighted by Crippen LogP contribution is -2.55. The first-order valence-corrected chi connectivity index (χ1v) is 12.5. The fourth-order valence-electron chi connectivity index (χ4n) is 3.57. The molecule has 0 aliphatic carbocycles. The number of carbonyl (C=O) groups excluding carboxylic acids is 3. The van der Waals surface area contributed by atoms with Crippen LogP contribution in [0.2, 0.25) is 0 Å². The summed E-state index contributed by atoms with van der Waals surface area (Å²) in [6.07, 6.45) is 2.70. The summed E-state index contributed by atoms with van der Waals surface area (Å²) in [6, 6.07) is 7.39. The van der Waals surface area contributed by atoms with Gasteiger partial charge in [-0.25, -0.2) is 4.79 Å². The van der Waals surface area contributed by atoms with Crippen molar-refractivity contribution in [2.45, 2.75) is 91.8 Å². The molecule has 8 nitrogen and oxygen atoms in total. The van der Waals surface area contributed by atoms with E-state index in [1.807, 2.05) is 39.0 Å². The van der Waals surface area contributed by atoms with E-state index in [1.54, 1.807) is 32.9 Å². The van der Waals surface area contributed by atoms with Gasteiger partial charge in [-0.05, 0) is 45.6 Å². The van der Waals surface area contributed by atoms with Crippen molar-refractivity contribution in [3.05, 3.63) is 35.4 Å². The summed E-state index contributed by atoms with van der Waals surface area (Å²) in [5.41, 5.74) is 0.882. The maximum Gasteiger partial charge on any atom is 0.408 e. The highest BCUT2D eigenvalue weighted by atomic mass is 16.6. The number of amides is 3. The van der Waals surface area contributed by atoms with Crippen molar-refractivity contribution < 1.29 is 19.1 Å². The van der Waals surface area contributed by atoms with Gasteiger partial charge in [0.25, 0.3) is 0 Å². The topological polar surface area (TPSA) is 112 Å². The number of alkyl carbamates (subject to hydrolysis) is 1. The molecule has 8 heteroatoms. The molecule has 0 aliphatic rings. The van der Waals surface area contributed by atoms with Crippen molar-refractivity contribution in [1.29, 1.82) is 5.26 Å². The van der Waals surface area contributed by atoms with Crippen LogP contribution >= 0.6 is 0 Å². The first kappa shape index (κ1) is 30.0. The number of hydrogen-bond acceptors (Lipinski definition) is 5. The van der Waals surface area contributed by atoms with Gasteiger partial charge in [0.15, 0.2) is 0 Å². The average Bonchev–Trinajstić information content (AvgIpc) is 2.79. The number of nitrogens with zero attached hydrogens (tertiary/aromatic N) is 2. The Morgan fingerprint density at radius 1 is 1.11 bits per heavy atom. The second-order valence-corrected chi connectivity index (χ2v) is 9.95. The molecule has 0 radical (unpaired) electrons. The Balaban J connectivity index is 3.37. The average molecular weight is 487 g/mol. The van der Waals surface area contributed by atoms with Crippen molar-refractivity contribution in [1.82, 2.24) is 15.5 Å².